The molecule has 0 aromatic carbocycles. The lowest BCUT2D eigenvalue weighted by Crippen LogP contribution is -2.30. The number of aliphatic hydroxyl groups excluding tert-OH is 1. The smallest absolute Gasteiger partial charge is 0.462 e. The molecule has 3 unspecified atom stereocenters. The van der Waals surface area contributed by atoms with Gasteiger partial charge in [0.15, 0.2) is 6.10 Å². The molecule has 0 aromatic heterocycles. The molecule has 0 radical (unpaired) electrons. The molecule has 0 aliphatic rings. The molecule has 440 valence electrons. The quantitative estimate of drug-likeness (QED) is 0.0197. The first-order valence-corrected chi connectivity index (χ1v) is 32.3. The Balaban J connectivity index is 4.80. The Kier molecular flexibility index (Phi) is 55.7. The number of phosphoric ester groups is 1. The van der Waals surface area contributed by atoms with Crippen LogP contribution in [-0.4, -0.2) is 66.5 Å². The Hall–Kier alpha value is -3.08. The van der Waals surface area contributed by atoms with Crippen molar-refractivity contribution in [3.8, 4) is 0 Å². The van der Waals surface area contributed by atoms with Gasteiger partial charge in [-0.3, -0.25) is 23.4 Å². The summed E-state index contributed by atoms with van der Waals surface area (Å²) < 4.78 is 39.5. The molecule has 0 bridgehead atoms. The highest BCUT2D eigenvalue weighted by Gasteiger charge is 2.28. The summed E-state index contributed by atoms with van der Waals surface area (Å²) in [5.41, 5.74) is 0. The topological polar surface area (TPSA) is 155 Å². The van der Waals surface area contributed by atoms with Crippen LogP contribution in [0, 0.1) is 0 Å². The minimum atomic E-state index is -4.77. The summed E-state index contributed by atoms with van der Waals surface area (Å²) in [5.74, 6) is -1.55. The highest BCUT2D eigenvalue weighted by atomic mass is 31.2. The van der Waals surface area contributed by atoms with Crippen molar-refractivity contribution in [2.75, 3.05) is 26.4 Å². The fourth-order valence-corrected chi connectivity index (χ4v) is 9.29. The molecule has 3 atom stereocenters. The number of phosphoric acid groups is 1. The minimum absolute atomic E-state index is 0.0437. The largest absolute Gasteiger partial charge is 0.472 e. The zero-order chi connectivity index (χ0) is 55.5. The fourth-order valence-electron chi connectivity index (χ4n) is 8.50. The van der Waals surface area contributed by atoms with Gasteiger partial charge < -0.3 is 24.2 Å². The summed E-state index contributed by atoms with van der Waals surface area (Å²) in [7, 11) is -4.77. The van der Waals surface area contributed by atoms with Crippen molar-refractivity contribution in [2.24, 2.45) is 0 Å². The minimum Gasteiger partial charge on any atom is -0.462 e. The van der Waals surface area contributed by atoms with E-state index in [1.807, 2.05) is 12.2 Å². The number of aliphatic hydroxyl groups is 1. The van der Waals surface area contributed by atoms with Gasteiger partial charge in [0.1, 0.15) is 12.7 Å². The molecule has 0 aromatic rings. The van der Waals surface area contributed by atoms with Gasteiger partial charge in [0, 0.05) is 19.3 Å². The zero-order valence-electron chi connectivity index (χ0n) is 48.7. The first-order valence-electron chi connectivity index (χ1n) is 30.8. The highest BCUT2D eigenvalue weighted by molar-refractivity contribution is 7.47. The number of carbonyl (C=O) groups excluding carboxylic acids is 3. The predicted molar refractivity (Wildman–Crippen MR) is 316 cm³/mol. The second-order valence-electron chi connectivity index (χ2n) is 20.5. The standard InChI is InChI=1S/C64H113O11P/c1-4-7-10-13-16-19-22-25-27-29-30-32-34-37-40-43-46-49-52-55-64(68)75-61(57-71-62(66)53-50-47-44-41-38-36-33-31-28-26-23-20-17-14-11-8-5-2)59-73-76(69,70)72-58-60(56-65)74-63(67)54-51-48-45-42-39-35-24-21-18-15-12-9-6-3/h7,10,16,19,25,27,30,32,37,40,46,49,60-61,65H,4-6,8-9,11-15,17-18,20-24,26,28-29,31,33-36,38-39,41-45,47-48,50-59H2,1-3H3,(H,69,70)/b10-7-,19-16-,27-25-,32-30-,40-37-,49-46-. The van der Waals surface area contributed by atoms with Crippen molar-refractivity contribution in [3.63, 3.8) is 0 Å². The molecule has 0 saturated heterocycles. The second-order valence-corrected chi connectivity index (χ2v) is 22.0. The van der Waals surface area contributed by atoms with Crippen LogP contribution in [0.5, 0.6) is 0 Å². The molecule has 0 heterocycles. The maximum Gasteiger partial charge on any atom is 0.472 e. The van der Waals surface area contributed by atoms with E-state index in [9.17, 15) is 28.9 Å². The van der Waals surface area contributed by atoms with Crippen molar-refractivity contribution in [1.82, 2.24) is 0 Å². The molecule has 0 fully saturated rings. The predicted octanol–water partition coefficient (Wildman–Crippen LogP) is 18.5. The lowest BCUT2D eigenvalue weighted by atomic mass is 10.0. The number of rotatable bonds is 57. The van der Waals surface area contributed by atoms with Crippen LogP contribution >= 0.6 is 7.82 Å². The summed E-state index contributed by atoms with van der Waals surface area (Å²) in [5, 5.41) is 9.82. The van der Waals surface area contributed by atoms with Crippen molar-refractivity contribution in [3.05, 3.63) is 72.9 Å². The van der Waals surface area contributed by atoms with E-state index in [0.717, 1.165) is 77.0 Å². The third kappa shape index (κ3) is 55.7. The molecular weight excluding hydrogens is 976 g/mol. The Bertz CT molecular complexity index is 1550. The van der Waals surface area contributed by atoms with Gasteiger partial charge in [-0.1, -0.05) is 273 Å². The summed E-state index contributed by atoms with van der Waals surface area (Å²) in [6.07, 6.45) is 65.9. The van der Waals surface area contributed by atoms with Crippen LogP contribution in [0.1, 0.15) is 278 Å². The molecule has 0 rings (SSSR count). The van der Waals surface area contributed by atoms with Gasteiger partial charge in [0.2, 0.25) is 0 Å². The van der Waals surface area contributed by atoms with E-state index in [-0.39, 0.29) is 25.9 Å². The van der Waals surface area contributed by atoms with E-state index >= 15 is 0 Å². The van der Waals surface area contributed by atoms with Crippen molar-refractivity contribution >= 4 is 25.7 Å². The van der Waals surface area contributed by atoms with E-state index in [0.29, 0.717) is 19.3 Å². The molecule has 0 amide bonds. The van der Waals surface area contributed by atoms with Gasteiger partial charge in [-0.25, -0.2) is 4.57 Å². The Labute approximate surface area is 465 Å². The summed E-state index contributed by atoms with van der Waals surface area (Å²) in [6.45, 7) is 4.49. The molecule has 76 heavy (non-hydrogen) atoms. The first-order chi connectivity index (χ1) is 37.2. The average molecular weight is 1090 g/mol. The Morgan fingerprint density at radius 2 is 0.684 bits per heavy atom. The molecule has 12 heteroatoms. The number of allylic oxidation sites excluding steroid dienone is 12. The summed E-state index contributed by atoms with van der Waals surface area (Å²) in [6, 6.07) is 0. The van der Waals surface area contributed by atoms with Crippen LogP contribution in [0.4, 0.5) is 0 Å². The number of unbranched alkanes of at least 4 members (excludes halogenated alkanes) is 28. The van der Waals surface area contributed by atoms with Gasteiger partial charge in [0.05, 0.1) is 19.8 Å². The molecule has 0 aliphatic carbocycles. The molecular formula is C64H113O11P. The Morgan fingerprint density at radius 1 is 0.382 bits per heavy atom. The average Bonchev–Trinajstić information content (AvgIpc) is 3.41. The zero-order valence-corrected chi connectivity index (χ0v) is 49.6. The lowest BCUT2D eigenvalue weighted by Gasteiger charge is -2.21. The van der Waals surface area contributed by atoms with Crippen molar-refractivity contribution in [2.45, 2.75) is 290 Å². The molecule has 11 nitrogen and oxygen atoms in total. The number of ether oxygens (including phenoxy) is 3. The van der Waals surface area contributed by atoms with Crippen LogP contribution in [0.2, 0.25) is 0 Å². The number of esters is 3. The van der Waals surface area contributed by atoms with E-state index in [4.69, 9.17) is 23.3 Å². The number of hydrogen-bond acceptors (Lipinski definition) is 10. The molecule has 0 aliphatic heterocycles. The van der Waals surface area contributed by atoms with E-state index in [1.54, 1.807) is 0 Å². The van der Waals surface area contributed by atoms with Crippen molar-refractivity contribution < 1.29 is 52.2 Å². The fraction of sp³-hybridized carbons (Fsp3) is 0.766. The van der Waals surface area contributed by atoms with Crippen LogP contribution < -0.4 is 0 Å². The van der Waals surface area contributed by atoms with Crippen molar-refractivity contribution in [1.29, 1.82) is 0 Å². The molecule has 0 spiro atoms. The van der Waals surface area contributed by atoms with Gasteiger partial charge >= 0.3 is 25.7 Å². The first kappa shape index (κ1) is 72.9. The van der Waals surface area contributed by atoms with E-state index in [1.165, 1.54) is 141 Å². The van der Waals surface area contributed by atoms with Crippen LogP contribution in [0.25, 0.3) is 0 Å². The second kappa shape index (κ2) is 58.1. The highest BCUT2D eigenvalue weighted by Crippen LogP contribution is 2.43. The molecule has 2 N–H and O–H groups in total. The van der Waals surface area contributed by atoms with Gasteiger partial charge in [-0.2, -0.15) is 0 Å². The third-order valence-corrected chi connectivity index (χ3v) is 14.1. The lowest BCUT2D eigenvalue weighted by molar-refractivity contribution is -0.161. The van der Waals surface area contributed by atoms with E-state index < -0.39 is 57.8 Å². The summed E-state index contributed by atoms with van der Waals surface area (Å²) in [4.78, 5) is 48.6. The number of carbonyl (C=O) groups is 3. The molecule has 0 saturated carbocycles. The van der Waals surface area contributed by atoms with Gasteiger partial charge in [0.25, 0.3) is 0 Å². The van der Waals surface area contributed by atoms with E-state index in [2.05, 4.69) is 81.5 Å². The van der Waals surface area contributed by atoms with Crippen LogP contribution in [0.15, 0.2) is 72.9 Å². The monoisotopic (exact) mass is 1090 g/mol. The van der Waals surface area contributed by atoms with Crippen LogP contribution in [0.3, 0.4) is 0 Å². The Morgan fingerprint density at radius 3 is 1.05 bits per heavy atom. The maximum atomic E-state index is 12.9. The van der Waals surface area contributed by atoms with Gasteiger partial charge in [-0.15, -0.1) is 0 Å². The van der Waals surface area contributed by atoms with Gasteiger partial charge in [-0.05, 0) is 57.8 Å². The maximum absolute atomic E-state index is 12.9. The number of hydrogen-bond donors (Lipinski definition) is 2. The normalized spacial score (nSPS) is 13.8. The SMILES string of the molecule is CC/C=C\C/C=C\C/C=C\C/C=C\C/C=C\C/C=C\CCC(=O)OC(COC(=O)CCCCCCCCCCCCCCCCCCC)COP(=O)(O)OCC(CO)OC(=O)CCCCCCCCCCCCCCC. The third-order valence-electron chi connectivity index (χ3n) is 13.2. The van der Waals surface area contributed by atoms with Crippen LogP contribution in [-0.2, 0) is 42.2 Å². The summed E-state index contributed by atoms with van der Waals surface area (Å²) >= 11 is 0.